The highest BCUT2D eigenvalue weighted by Gasteiger charge is 2.29. The number of carbonyl (C=O) groups excluding carboxylic acids is 2. The highest BCUT2D eigenvalue weighted by molar-refractivity contribution is 5.84. The van der Waals surface area contributed by atoms with Crippen LogP contribution in [-0.2, 0) is 19.1 Å². The Bertz CT molecular complexity index is 1430. The van der Waals surface area contributed by atoms with Crippen molar-refractivity contribution in [1.82, 2.24) is 24.8 Å². The summed E-state index contributed by atoms with van der Waals surface area (Å²) >= 11 is 0. The molecule has 3 atom stereocenters. The molecule has 242 valence electrons. The third-order valence-corrected chi connectivity index (χ3v) is 7.05. The first-order chi connectivity index (χ1) is 22.0. The van der Waals surface area contributed by atoms with Gasteiger partial charge in [-0.15, -0.1) is 0 Å². The molecule has 0 aliphatic carbocycles. The topological polar surface area (TPSA) is 128 Å². The van der Waals surface area contributed by atoms with E-state index >= 15 is 0 Å². The van der Waals surface area contributed by atoms with Gasteiger partial charge in [0, 0.05) is 6.42 Å². The number of fused-ring (bicyclic) bond motifs is 1. The number of nitrogens with one attached hydrogen (secondary N) is 2. The van der Waals surface area contributed by atoms with Crippen molar-refractivity contribution in [2.45, 2.75) is 96.4 Å². The summed E-state index contributed by atoms with van der Waals surface area (Å²) in [5.74, 6) is -0.709. The molecule has 3 rings (SSSR count). The highest BCUT2D eigenvalue weighted by atomic mass is 16.6. The Kier molecular flexibility index (Phi) is 16.1. The molecule has 45 heavy (non-hydrogen) atoms. The number of aromatic amines is 1. The molecule has 0 aromatic carbocycles. The number of esters is 1. The van der Waals surface area contributed by atoms with Gasteiger partial charge in [0.2, 0.25) is 5.91 Å². The number of imidazole rings is 1. The molecule has 1 aliphatic heterocycles. The Morgan fingerprint density at radius 1 is 0.956 bits per heavy atom. The van der Waals surface area contributed by atoms with E-state index in [9.17, 15) is 14.4 Å². The minimum absolute atomic E-state index is 0.0821. The normalized spacial score (nSPS) is 18.2. The molecule has 3 heterocycles. The number of H-pyrrole nitrogens is 1. The second-order valence-electron chi connectivity index (χ2n) is 10.7. The molecular weight excluding hydrogens is 570 g/mol. The third kappa shape index (κ3) is 13.1. The molecule has 0 bridgehead atoms. The quantitative estimate of drug-likeness (QED) is 0.139. The van der Waals surface area contributed by atoms with E-state index in [1.807, 2.05) is 12.2 Å². The zero-order chi connectivity index (χ0) is 32.1. The van der Waals surface area contributed by atoms with Crippen molar-refractivity contribution in [3.63, 3.8) is 0 Å². The molecule has 0 radical (unpaired) electrons. The van der Waals surface area contributed by atoms with Gasteiger partial charge in [-0.2, -0.15) is 4.98 Å². The molecule has 0 spiro atoms. The van der Waals surface area contributed by atoms with Crippen LogP contribution in [0.1, 0.15) is 84.3 Å². The molecule has 1 amide bonds. The minimum atomic E-state index is -0.754. The Balaban J connectivity index is 1.20. The Morgan fingerprint density at radius 3 is 2.18 bits per heavy atom. The first-order valence-electron chi connectivity index (χ1n) is 15.9. The average molecular weight is 618 g/mol. The summed E-state index contributed by atoms with van der Waals surface area (Å²) in [4.78, 5) is 47.3. The van der Waals surface area contributed by atoms with Crippen LogP contribution in [0.15, 0.2) is 90.4 Å². The van der Waals surface area contributed by atoms with Crippen LogP contribution in [0, 0.1) is 0 Å². The number of amides is 1. The molecule has 1 unspecified atom stereocenters. The monoisotopic (exact) mass is 617 g/mol. The lowest BCUT2D eigenvalue weighted by Gasteiger charge is -2.17. The fraction of sp³-hybridized carbons (Fsp3) is 0.457. The summed E-state index contributed by atoms with van der Waals surface area (Å²) in [6, 6.07) is -0.754. The number of ether oxygens (including phenoxy) is 2. The Hall–Kier alpha value is -4.31. The van der Waals surface area contributed by atoms with Crippen molar-refractivity contribution < 1.29 is 19.1 Å². The van der Waals surface area contributed by atoms with Gasteiger partial charge >= 0.3 is 11.5 Å². The Morgan fingerprint density at radius 2 is 1.56 bits per heavy atom. The number of aromatic nitrogens is 4. The largest absolute Gasteiger partial charge is 0.461 e. The summed E-state index contributed by atoms with van der Waals surface area (Å²) in [7, 11) is 0. The van der Waals surface area contributed by atoms with E-state index < -0.39 is 17.6 Å². The van der Waals surface area contributed by atoms with Crippen molar-refractivity contribution in [1.29, 1.82) is 0 Å². The smallest absolute Gasteiger partial charge is 0.328 e. The second-order valence-corrected chi connectivity index (χ2v) is 10.7. The maximum absolute atomic E-state index is 12.4. The predicted molar refractivity (Wildman–Crippen MR) is 177 cm³/mol. The molecule has 2 N–H and O–H groups in total. The first-order valence-corrected chi connectivity index (χ1v) is 15.9. The maximum atomic E-state index is 12.4. The average Bonchev–Trinajstić information content (AvgIpc) is 3.69. The van der Waals surface area contributed by atoms with Gasteiger partial charge in [-0.25, -0.2) is 9.78 Å². The third-order valence-electron chi connectivity index (χ3n) is 7.05. The molecule has 10 nitrogen and oxygen atoms in total. The van der Waals surface area contributed by atoms with Crippen molar-refractivity contribution in [2.24, 2.45) is 0 Å². The van der Waals surface area contributed by atoms with Gasteiger partial charge in [-0.05, 0) is 64.7 Å². The van der Waals surface area contributed by atoms with Gasteiger partial charge in [-0.3, -0.25) is 14.2 Å². The van der Waals surface area contributed by atoms with Crippen molar-refractivity contribution in [2.75, 3.05) is 6.61 Å². The van der Waals surface area contributed by atoms with E-state index in [2.05, 4.69) is 88.0 Å². The summed E-state index contributed by atoms with van der Waals surface area (Å²) in [5.41, 5.74) is 0.388. The standard InChI is InChI=1S/C35H47N5O5/c1-3-4-5-6-7-8-9-10-11-12-13-14-15-16-17-18-19-20-21-22-30(41)39-28(2)35(43)44-25-29-23-24-31(45-29)40-27-38-32-33(40)36-26-37-34(32)42/h4-5,7-8,10-11,13-14,16-17,19-20,26-29,31H,3,6,9,12,15,18,21-25H2,1-2H3,(H,39,41)(H,36,37,42)/b5-4-,8-7-,11-10-,14-13-,17-16-,20-19-/t28-,29-,31?/m0/s1. The molecular formula is C35H47N5O5. The lowest BCUT2D eigenvalue weighted by atomic mass is 10.2. The van der Waals surface area contributed by atoms with Crippen molar-refractivity contribution in [3.05, 3.63) is 95.9 Å². The van der Waals surface area contributed by atoms with E-state index in [1.54, 1.807) is 17.8 Å². The van der Waals surface area contributed by atoms with Crippen LogP contribution in [-0.4, -0.2) is 50.1 Å². The number of nitrogens with zero attached hydrogens (tertiary/aromatic N) is 3. The highest BCUT2D eigenvalue weighted by Crippen LogP contribution is 2.30. The number of hydrogen-bond donors (Lipinski definition) is 2. The molecule has 1 saturated heterocycles. The van der Waals surface area contributed by atoms with Gasteiger partial charge < -0.3 is 19.8 Å². The van der Waals surface area contributed by atoms with Crippen molar-refractivity contribution in [3.8, 4) is 0 Å². The summed E-state index contributed by atoms with van der Waals surface area (Å²) in [5, 5.41) is 2.70. The van der Waals surface area contributed by atoms with Crippen LogP contribution >= 0.6 is 0 Å². The van der Waals surface area contributed by atoms with Crippen LogP contribution in [0.2, 0.25) is 0 Å². The van der Waals surface area contributed by atoms with E-state index in [0.717, 1.165) is 38.5 Å². The molecule has 0 saturated carbocycles. The lowest BCUT2D eigenvalue weighted by molar-refractivity contribution is -0.151. The summed E-state index contributed by atoms with van der Waals surface area (Å²) in [6.45, 7) is 3.83. The van der Waals surface area contributed by atoms with E-state index in [1.165, 1.54) is 6.33 Å². The molecule has 1 fully saturated rings. The van der Waals surface area contributed by atoms with Crippen molar-refractivity contribution >= 4 is 23.0 Å². The molecule has 2 aromatic rings. The van der Waals surface area contributed by atoms with E-state index in [0.29, 0.717) is 31.3 Å². The van der Waals surface area contributed by atoms with Crippen LogP contribution in [0.5, 0.6) is 0 Å². The zero-order valence-corrected chi connectivity index (χ0v) is 26.5. The number of carbonyl (C=O) groups is 2. The predicted octanol–water partition coefficient (Wildman–Crippen LogP) is 6.32. The second kappa shape index (κ2) is 20.6. The Labute approximate surface area is 265 Å². The summed E-state index contributed by atoms with van der Waals surface area (Å²) in [6.07, 6.45) is 36.0. The number of hydrogen-bond acceptors (Lipinski definition) is 7. The first kappa shape index (κ1) is 35.2. The minimum Gasteiger partial charge on any atom is -0.461 e. The lowest BCUT2D eigenvalue weighted by Crippen LogP contribution is -2.40. The number of allylic oxidation sites excluding steroid dienone is 12. The van der Waals surface area contributed by atoms with Gasteiger partial charge in [0.15, 0.2) is 5.52 Å². The van der Waals surface area contributed by atoms with E-state index in [-0.39, 0.29) is 30.4 Å². The van der Waals surface area contributed by atoms with Crippen LogP contribution < -0.4 is 10.9 Å². The van der Waals surface area contributed by atoms with Gasteiger partial charge in [0.05, 0.1) is 18.8 Å². The maximum Gasteiger partial charge on any atom is 0.328 e. The molecule has 1 aliphatic rings. The molecule has 2 aromatic heterocycles. The molecule has 10 heteroatoms. The number of rotatable bonds is 19. The van der Waals surface area contributed by atoms with Gasteiger partial charge in [-0.1, -0.05) is 79.8 Å². The van der Waals surface area contributed by atoms with Gasteiger partial charge in [0.1, 0.15) is 24.5 Å². The van der Waals surface area contributed by atoms with Crippen LogP contribution in [0.4, 0.5) is 0 Å². The zero-order valence-electron chi connectivity index (χ0n) is 26.5. The fourth-order valence-corrected chi connectivity index (χ4v) is 4.63. The van der Waals surface area contributed by atoms with E-state index in [4.69, 9.17) is 9.47 Å². The summed E-state index contributed by atoms with van der Waals surface area (Å²) < 4.78 is 13.2. The van der Waals surface area contributed by atoms with Crippen LogP contribution in [0.3, 0.4) is 0 Å². The van der Waals surface area contributed by atoms with Crippen LogP contribution in [0.25, 0.3) is 11.2 Å². The van der Waals surface area contributed by atoms with Gasteiger partial charge in [0.25, 0.3) is 0 Å². The SMILES string of the molecule is CC/C=C\C/C=C\C/C=C\C/C=C\C/C=C\C/C=C\CCC(=O)N[C@@H](C)C(=O)OC[C@@H]1CCC(n2cnc3c(=O)nc[nH]c32)O1. The fourth-order valence-electron chi connectivity index (χ4n) is 4.63.